The van der Waals surface area contributed by atoms with Gasteiger partial charge in [-0.25, -0.2) is 18.6 Å². The molecule has 0 N–H and O–H groups in total. The maximum absolute atomic E-state index is 14.7. The standard InChI is InChI=1S/C26H32F2N4O2/c1-3-34-25(33)32-16-26(17-32)8-7-20(14-26)30-9-11-31(12-10-30)24-21(13-19(27)15-29-24)23-18(2)5-4-6-22(23)28/h4-6,13,15,20H,3,7-12,14,16-17H2,1-2H3/t20-/m1/s1. The fraction of sp³-hybridized carbons (Fsp3) is 0.538. The molecule has 1 saturated carbocycles. The number of hydrogen-bond donors (Lipinski definition) is 0. The van der Waals surface area contributed by atoms with Crippen molar-refractivity contribution in [1.82, 2.24) is 14.8 Å². The Balaban J connectivity index is 1.24. The Hall–Kier alpha value is -2.74. The molecule has 1 atom stereocenters. The summed E-state index contributed by atoms with van der Waals surface area (Å²) in [6, 6.07) is 6.83. The molecule has 1 spiro atoms. The highest BCUT2D eigenvalue weighted by molar-refractivity contribution is 5.78. The monoisotopic (exact) mass is 470 g/mol. The predicted octanol–water partition coefficient (Wildman–Crippen LogP) is 4.47. The first-order valence-electron chi connectivity index (χ1n) is 12.2. The van der Waals surface area contributed by atoms with Gasteiger partial charge >= 0.3 is 6.09 Å². The van der Waals surface area contributed by atoms with Gasteiger partial charge in [0.2, 0.25) is 0 Å². The summed E-state index contributed by atoms with van der Waals surface area (Å²) >= 11 is 0. The summed E-state index contributed by atoms with van der Waals surface area (Å²) in [5.41, 5.74) is 1.93. The minimum absolute atomic E-state index is 0.196. The van der Waals surface area contributed by atoms with Crippen LogP contribution in [-0.4, -0.2) is 72.8 Å². The van der Waals surface area contributed by atoms with Gasteiger partial charge in [-0.05, 0) is 50.8 Å². The molecule has 2 aromatic rings. The molecule has 1 aromatic carbocycles. The minimum atomic E-state index is -0.464. The van der Waals surface area contributed by atoms with E-state index in [4.69, 9.17) is 4.74 Å². The largest absolute Gasteiger partial charge is 0.450 e. The van der Waals surface area contributed by atoms with Gasteiger partial charge in [0, 0.05) is 61.9 Å². The van der Waals surface area contributed by atoms with Crippen molar-refractivity contribution in [1.29, 1.82) is 0 Å². The van der Waals surface area contributed by atoms with Crippen LogP contribution in [-0.2, 0) is 4.74 Å². The van der Waals surface area contributed by atoms with Crippen LogP contribution in [0.25, 0.3) is 11.1 Å². The van der Waals surface area contributed by atoms with Crippen molar-refractivity contribution in [2.75, 3.05) is 50.8 Å². The number of benzene rings is 1. The normalized spacial score (nSPS) is 22.2. The van der Waals surface area contributed by atoms with Gasteiger partial charge in [0.15, 0.2) is 0 Å². The van der Waals surface area contributed by atoms with Crippen molar-refractivity contribution in [3.8, 4) is 11.1 Å². The molecular formula is C26H32F2N4O2. The van der Waals surface area contributed by atoms with Crippen molar-refractivity contribution in [3.05, 3.63) is 47.7 Å². The summed E-state index contributed by atoms with van der Waals surface area (Å²) < 4.78 is 33.9. The molecule has 3 heterocycles. The molecule has 2 aliphatic heterocycles. The summed E-state index contributed by atoms with van der Waals surface area (Å²) in [7, 11) is 0. The van der Waals surface area contributed by atoms with Crippen LogP contribution in [0.2, 0.25) is 0 Å². The van der Waals surface area contributed by atoms with Crippen LogP contribution in [0.4, 0.5) is 19.4 Å². The van der Waals surface area contributed by atoms with Crippen molar-refractivity contribution < 1.29 is 18.3 Å². The van der Waals surface area contributed by atoms with Gasteiger partial charge in [-0.1, -0.05) is 12.1 Å². The lowest BCUT2D eigenvalue weighted by molar-refractivity contribution is -0.00294. The number of amides is 1. The highest BCUT2D eigenvalue weighted by Crippen LogP contribution is 2.47. The second-order valence-electron chi connectivity index (χ2n) is 9.93. The van der Waals surface area contributed by atoms with Gasteiger partial charge < -0.3 is 14.5 Å². The lowest BCUT2D eigenvalue weighted by Crippen LogP contribution is -2.58. The number of pyridine rings is 1. The van der Waals surface area contributed by atoms with E-state index in [1.165, 1.54) is 18.3 Å². The van der Waals surface area contributed by atoms with E-state index < -0.39 is 5.82 Å². The first-order valence-corrected chi connectivity index (χ1v) is 12.2. The van der Waals surface area contributed by atoms with E-state index in [1.54, 1.807) is 6.07 Å². The van der Waals surface area contributed by atoms with Gasteiger partial charge in [0.05, 0.1) is 12.8 Å². The van der Waals surface area contributed by atoms with Crippen LogP contribution in [0.3, 0.4) is 0 Å². The molecule has 3 fully saturated rings. The SMILES string of the molecule is CCOC(=O)N1CC2(CC[C@@H](N3CCN(c4ncc(F)cc4-c4c(C)cccc4F)CC3)C2)C1. The Morgan fingerprint density at radius 3 is 2.68 bits per heavy atom. The number of piperazine rings is 1. The van der Waals surface area contributed by atoms with Gasteiger partial charge in [0.25, 0.3) is 0 Å². The quantitative estimate of drug-likeness (QED) is 0.660. The van der Waals surface area contributed by atoms with Crippen molar-refractivity contribution in [2.24, 2.45) is 5.41 Å². The maximum Gasteiger partial charge on any atom is 0.409 e. The van der Waals surface area contributed by atoms with Gasteiger partial charge in [-0.15, -0.1) is 0 Å². The molecule has 2 saturated heterocycles. The number of nitrogens with zero attached hydrogens (tertiary/aromatic N) is 4. The number of hydrogen-bond acceptors (Lipinski definition) is 5. The Bertz CT molecular complexity index is 1040. The first kappa shape index (κ1) is 23.0. The topological polar surface area (TPSA) is 48.9 Å². The van der Waals surface area contributed by atoms with Crippen LogP contribution < -0.4 is 4.90 Å². The zero-order valence-corrected chi connectivity index (χ0v) is 19.9. The zero-order chi connectivity index (χ0) is 23.9. The molecular weight excluding hydrogens is 438 g/mol. The fourth-order valence-corrected chi connectivity index (χ4v) is 6.02. The summed E-state index contributed by atoms with van der Waals surface area (Å²) in [5, 5.41) is 0. The molecule has 182 valence electrons. The highest BCUT2D eigenvalue weighted by atomic mass is 19.1. The smallest absolute Gasteiger partial charge is 0.409 e. The van der Waals surface area contributed by atoms with Crippen molar-refractivity contribution in [3.63, 3.8) is 0 Å². The average Bonchev–Trinajstić information content (AvgIpc) is 3.25. The number of anilines is 1. The van der Waals surface area contributed by atoms with Crippen LogP contribution >= 0.6 is 0 Å². The number of carbonyl (C=O) groups is 1. The number of ether oxygens (including phenoxy) is 1. The van der Waals surface area contributed by atoms with Gasteiger partial charge in [-0.3, -0.25) is 4.90 Å². The summed E-state index contributed by atoms with van der Waals surface area (Å²) in [5.74, 6) is -0.184. The third-order valence-electron chi connectivity index (χ3n) is 7.71. The molecule has 1 aliphatic carbocycles. The number of rotatable bonds is 4. The Kier molecular flexibility index (Phi) is 6.18. The Morgan fingerprint density at radius 1 is 1.21 bits per heavy atom. The number of likely N-dealkylation sites (tertiary alicyclic amines) is 1. The summed E-state index contributed by atoms with van der Waals surface area (Å²) in [6.07, 6.45) is 4.42. The van der Waals surface area contributed by atoms with Crippen LogP contribution in [0.5, 0.6) is 0 Å². The number of aromatic nitrogens is 1. The van der Waals surface area contributed by atoms with Gasteiger partial charge in [-0.2, -0.15) is 0 Å². The van der Waals surface area contributed by atoms with E-state index in [1.807, 2.05) is 24.8 Å². The lowest BCUT2D eigenvalue weighted by atomic mass is 9.78. The fourth-order valence-electron chi connectivity index (χ4n) is 6.02. The number of carbonyl (C=O) groups excluding carboxylic acids is 1. The second-order valence-corrected chi connectivity index (χ2v) is 9.93. The van der Waals surface area contributed by atoms with Crippen molar-refractivity contribution in [2.45, 2.75) is 39.2 Å². The van der Waals surface area contributed by atoms with E-state index in [2.05, 4.69) is 14.8 Å². The van der Waals surface area contributed by atoms with Crippen LogP contribution in [0, 0.1) is 24.0 Å². The van der Waals surface area contributed by atoms with Gasteiger partial charge in [0.1, 0.15) is 17.5 Å². The predicted molar refractivity (Wildman–Crippen MR) is 127 cm³/mol. The number of aryl methyl sites for hydroxylation is 1. The molecule has 6 nitrogen and oxygen atoms in total. The third kappa shape index (κ3) is 4.24. The van der Waals surface area contributed by atoms with E-state index in [9.17, 15) is 13.6 Å². The first-order chi connectivity index (χ1) is 16.4. The molecule has 0 bridgehead atoms. The number of halogens is 2. The van der Waals surface area contributed by atoms with E-state index in [0.29, 0.717) is 29.6 Å². The molecule has 34 heavy (non-hydrogen) atoms. The maximum atomic E-state index is 14.7. The average molecular weight is 471 g/mol. The Labute approximate surface area is 199 Å². The molecule has 3 aliphatic rings. The molecule has 0 radical (unpaired) electrons. The second kappa shape index (κ2) is 9.13. The third-order valence-corrected chi connectivity index (χ3v) is 7.71. The Morgan fingerprint density at radius 2 is 1.97 bits per heavy atom. The van der Waals surface area contributed by atoms with E-state index in [-0.39, 0.29) is 17.3 Å². The highest BCUT2D eigenvalue weighted by Gasteiger charge is 2.51. The van der Waals surface area contributed by atoms with Crippen LogP contribution in [0.15, 0.2) is 30.5 Å². The molecule has 1 aromatic heterocycles. The summed E-state index contributed by atoms with van der Waals surface area (Å²) in [6.45, 7) is 8.98. The van der Waals surface area contributed by atoms with E-state index >= 15 is 0 Å². The zero-order valence-electron chi connectivity index (χ0n) is 19.9. The van der Waals surface area contributed by atoms with Crippen molar-refractivity contribution >= 4 is 11.9 Å². The summed E-state index contributed by atoms with van der Waals surface area (Å²) in [4.78, 5) is 22.8. The minimum Gasteiger partial charge on any atom is -0.450 e. The molecule has 5 rings (SSSR count). The molecule has 8 heteroatoms. The molecule has 0 unspecified atom stereocenters. The molecule has 1 amide bonds. The van der Waals surface area contributed by atoms with Crippen LogP contribution in [0.1, 0.15) is 31.7 Å². The lowest BCUT2D eigenvalue weighted by Gasteiger charge is -2.48. The van der Waals surface area contributed by atoms with E-state index in [0.717, 1.165) is 64.1 Å².